The summed E-state index contributed by atoms with van der Waals surface area (Å²) in [6.07, 6.45) is 4.33. The van der Waals surface area contributed by atoms with Crippen LogP contribution in [0.25, 0.3) is 0 Å². The first kappa shape index (κ1) is 9.87. The predicted molar refractivity (Wildman–Crippen MR) is 58.4 cm³/mol. The standard InChI is InChI=1S/C11H15NOS/c12-11(3-1-4-11)7-10(13)6-9-2-5-14-8-9/h2,5,8H,1,3-4,6-7,12H2. The van der Waals surface area contributed by atoms with Crippen LogP contribution in [0.3, 0.4) is 0 Å². The highest BCUT2D eigenvalue weighted by atomic mass is 32.1. The molecule has 0 unspecified atom stereocenters. The Hall–Kier alpha value is -0.670. The lowest BCUT2D eigenvalue weighted by molar-refractivity contribution is -0.120. The van der Waals surface area contributed by atoms with Crippen LogP contribution < -0.4 is 5.73 Å². The summed E-state index contributed by atoms with van der Waals surface area (Å²) < 4.78 is 0. The highest BCUT2D eigenvalue weighted by Gasteiger charge is 2.34. The minimum Gasteiger partial charge on any atom is -0.325 e. The van der Waals surface area contributed by atoms with Crippen LogP contribution in [0.15, 0.2) is 16.8 Å². The third kappa shape index (κ3) is 2.22. The Morgan fingerprint density at radius 2 is 2.36 bits per heavy atom. The molecule has 2 N–H and O–H groups in total. The molecule has 1 aliphatic carbocycles. The highest BCUT2D eigenvalue weighted by molar-refractivity contribution is 7.07. The molecule has 14 heavy (non-hydrogen) atoms. The first-order chi connectivity index (χ1) is 6.68. The SMILES string of the molecule is NC1(CC(=O)Cc2ccsc2)CCC1. The number of carbonyl (C=O) groups excluding carboxylic acids is 1. The molecule has 1 aromatic heterocycles. The fraction of sp³-hybridized carbons (Fsp3) is 0.545. The fourth-order valence-electron chi connectivity index (χ4n) is 1.88. The highest BCUT2D eigenvalue weighted by Crippen LogP contribution is 2.32. The molecule has 0 saturated heterocycles. The number of thiophene rings is 1. The Morgan fingerprint density at radius 1 is 1.57 bits per heavy atom. The van der Waals surface area contributed by atoms with Gasteiger partial charge in [-0.3, -0.25) is 4.79 Å². The number of hydrogen-bond acceptors (Lipinski definition) is 3. The van der Waals surface area contributed by atoms with Crippen molar-refractivity contribution in [1.29, 1.82) is 0 Å². The van der Waals surface area contributed by atoms with Gasteiger partial charge in [-0.2, -0.15) is 11.3 Å². The molecule has 76 valence electrons. The zero-order valence-electron chi connectivity index (χ0n) is 8.16. The number of hydrogen-bond donors (Lipinski definition) is 1. The quantitative estimate of drug-likeness (QED) is 0.825. The summed E-state index contributed by atoms with van der Waals surface area (Å²) in [5.74, 6) is 0.283. The fourth-order valence-corrected chi connectivity index (χ4v) is 2.55. The molecule has 1 aromatic rings. The molecule has 0 radical (unpaired) electrons. The van der Waals surface area contributed by atoms with Crippen molar-refractivity contribution in [1.82, 2.24) is 0 Å². The molecule has 1 fully saturated rings. The Balaban J connectivity index is 1.84. The molecule has 0 aliphatic heterocycles. The molecule has 2 nitrogen and oxygen atoms in total. The lowest BCUT2D eigenvalue weighted by Crippen LogP contribution is -2.48. The predicted octanol–water partition coefficient (Wildman–Crippen LogP) is 2.13. The van der Waals surface area contributed by atoms with E-state index in [0.29, 0.717) is 12.8 Å². The summed E-state index contributed by atoms with van der Waals surface area (Å²) in [7, 11) is 0. The number of carbonyl (C=O) groups is 1. The molecule has 0 bridgehead atoms. The summed E-state index contributed by atoms with van der Waals surface area (Å²) >= 11 is 1.64. The normalized spacial score (nSPS) is 18.9. The van der Waals surface area contributed by atoms with Gasteiger partial charge in [0.2, 0.25) is 0 Å². The Morgan fingerprint density at radius 3 is 2.86 bits per heavy atom. The van der Waals surface area contributed by atoms with Gasteiger partial charge in [-0.15, -0.1) is 0 Å². The summed E-state index contributed by atoms with van der Waals surface area (Å²) in [6, 6.07) is 2.01. The molecule has 1 heterocycles. The Bertz CT molecular complexity index is 314. The van der Waals surface area contributed by atoms with Gasteiger partial charge in [0.25, 0.3) is 0 Å². The topological polar surface area (TPSA) is 43.1 Å². The summed E-state index contributed by atoms with van der Waals surface area (Å²) in [5.41, 5.74) is 6.98. The van der Waals surface area contributed by atoms with Gasteiger partial charge in [0.1, 0.15) is 5.78 Å². The zero-order chi connectivity index (χ0) is 10.0. The van der Waals surface area contributed by atoms with E-state index in [4.69, 9.17) is 5.73 Å². The van der Waals surface area contributed by atoms with Gasteiger partial charge in [-0.25, -0.2) is 0 Å². The van der Waals surface area contributed by atoms with Crippen LogP contribution in [0.4, 0.5) is 0 Å². The van der Waals surface area contributed by atoms with Crippen LogP contribution in [0.5, 0.6) is 0 Å². The van der Waals surface area contributed by atoms with Crippen LogP contribution in [0.2, 0.25) is 0 Å². The van der Waals surface area contributed by atoms with Crippen molar-refractivity contribution in [3.8, 4) is 0 Å². The molecule has 0 atom stereocenters. The van der Waals surface area contributed by atoms with Crippen molar-refractivity contribution < 1.29 is 4.79 Å². The van der Waals surface area contributed by atoms with Crippen molar-refractivity contribution in [3.63, 3.8) is 0 Å². The maximum Gasteiger partial charge on any atom is 0.139 e. The van der Waals surface area contributed by atoms with Gasteiger partial charge in [-0.05, 0) is 41.7 Å². The van der Waals surface area contributed by atoms with Crippen LogP contribution >= 0.6 is 11.3 Å². The smallest absolute Gasteiger partial charge is 0.139 e. The summed E-state index contributed by atoms with van der Waals surface area (Å²) in [6.45, 7) is 0. The second-order valence-corrected chi connectivity index (χ2v) is 5.02. The van der Waals surface area contributed by atoms with E-state index in [-0.39, 0.29) is 11.3 Å². The van der Waals surface area contributed by atoms with E-state index in [9.17, 15) is 4.79 Å². The molecular weight excluding hydrogens is 194 g/mol. The maximum absolute atomic E-state index is 11.6. The molecule has 2 rings (SSSR count). The van der Waals surface area contributed by atoms with E-state index in [1.165, 1.54) is 6.42 Å². The average molecular weight is 209 g/mol. The first-order valence-electron chi connectivity index (χ1n) is 5.00. The number of ketones is 1. The van der Waals surface area contributed by atoms with E-state index in [2.05, 4.69) is 0 Å². The Labute approximate surface area is 88.1 Å². The van der Waals surface area contributed by atoms with E-state index in [1.54, 1.807) is 11.3 Å². The molecular formula is C11H15NOS. The number of nitrogens with two attached hydrogens (primary N) is 1. The van der Waals surface area contributed by atoms with Crippen molar-refractivity contribution in [3.05, 3.63) is 22.4 Å². The van der Waals surface area contributed by atoms with Crippen LogP contribution in [-0.4, -0.2) is 11.3 Å². The van der Waals surface area contributed by atoms with Gasteiger partial charge in [0, 0.05) is 18.4 Å². The lowest BCUT2D eigenvalue weighted by atomic mass is 9.74. The second kappa shape index (κ2) is 3.83. The van der Waals surface area contributed by atoms with E-state index >= 15 is 0 Å². The van der Waals surface area contributed by atoms with Gasteiger partial charge in [0.05, 0.1) is 0 Å². The van der Waals surface area contributed by atoms with Crippen molar-refractivity contribution in [2.45, 2.75) is 37.6 Å². The third-order valence-corrected chi connectivity index (χ3v) is 3.61. The molecule has 0 aromatic carbocycles. The van der Waals surface area contributed by atoms with Gasteiger partial charge in [-0.1, -0.05) is 0 Å². The van der Waals surface area contributed by atoms with Gasteiger partial charge < -0.3 is 5.73 Å². The third-order valence-electron chi connectivity index (χ3n) is 2.88. The monoisotopic (exact) mass is 209 g/mol. The minimum atomic E-state index is -0.160. The van der Waals surface area contributed by atoms with Crippen molar-refractivity contribution in [2.24, 2.45) is 5.73 Å². The molecule has 1 saturated carbocycles. The van der Waals surface area contributed by atoms with Gasteiger partial charge >= 0.3 is 0 Å². The molecule has 0 spiro atoms. The largest absolute Gasteiger partial charge is 0.325 e. The maximum atomic E-state index is 11.6. The van der Waals surface area contributed by atoms with Crippen molar-refractivity contribution >= 4 is 17.1 Å². The van der Waals surface area contributed by atoms with E-state index < -0.39 is 0 Å². The van der Waals surface area contributed by atoms with Crippen LogP contribution in [0.1, 0.15) is 31.2 Å². The average Bonchev–Trinajstić information content (AvgIpc) is 2.53. The van der Waals surface area contributed by atoms with E-state index in [0.717, 1.165) is 18.4 Å². The first-order valence-corrected chi connectivity index (χ1v) is 5.94. The molecule has 0 amide bonds. The summed E-state index contributed by atoms with van der Waals surface area (Å²) in [5, 5.41) is 4.03. The van der Waals surface area contributed by atoms with Crippen LogP contribution in [-0.2, 0) is 11.2 Å². The molecule has 3 heteroatoms. The van der Waals surface area contributed by atoms with Crippen LogP contribution in [0, 0.1) is 0 Å². The van der Waals surface area contributed by atoms with E-state index in [1.807, 2.05) is 16.8 Å². The number of Topliss-reactive ketones (excluding diaryl/α,β-unsaturated/α-hetero) is 1. The zero-order valence-corrected chi connectivity index (χ0v) is 8.98. The molecule has 1 aliphatic rings. The lowest BCUT2D eigenvalue weighted by Gasteiger charge is -2.37. The minimum absolute atomic E-state index is 0.160. The Kier molecular flexibility index (Phi) is 2.70. The van der Waals surface area contributed by atoms with Crippen molar-refractivity contribution in [2.75, 3.05) is 0 Å². The van der Waals surface area contributed by atoms with Gasteiger partial charge in [0.15, 0.2) is 0 Å². The second-order valence-electron chi connectivity index (χ2n) is 4.24. The number of rotatable bonds is 4. The summed E-state index contributed by atoms with van der Waals surface area (Å²) in [4.78, 5) is 11.6.